The van der Waals surface area contributed by atoms with E-state index in [0.717, 1.165) is 38.4 Å². The number of rotatable bonds is 5. The predicted molar refractivity (Wildman–Crippen MR) is 90.6 cm³/mol. The fourth-order valence-electron chi connectivity index (χ4n) is 2.68. The molecule has 0 aromatic heterocycles. The summed E-state index contributed by atoms with van der Waals surface area (Å²) in [6, 6.07) is 7.56. The van der Waals surface area contributed by atoms with E-state index in [9.17, 15) is 9.59 Å². The molecule has 1 aliphatic rings. The Morgan fingerprint density at radius 1 is 1.09 bits per heavy atom. The molecule has 0 bridgehead atoms. The molecule has 126 valence electrons. The summed E-state index contributed by atoms with van der Waals surface area (Å²) in [5.41, 5.74) is 1.73. The first-order valence-electron chi connectivity index (χ1n) is 8.19. The summed E-state index contributed by atoms with van der Waals surface area (Å²) in [5, 5.41) is 2.54. The summed E-state index contributed by atoms with van der Waals surface area (Å²) in [6.07, 6.45) is 1.19. The Hall–Kier alpha value is -2.08. The van der Waals surface area contributed by atoms with Crippen molar-refractivity contribution in [3.8, 4) is 0 Å². The van der Waals surface area contributed by atoms with Gasteiger partial charge in [-0.25, -0.2) is 4.79 Å². The highest BCUT2D eigenvalue weighted by molar-refractivity contribution is 6.37. The van der Waals surface area contributed by atoms with Crippen LogP contribution in [0.15, 0.2) is 24.3 Å². The van der Waals surface area contributed by atoms with E-state index in [1.54, 1.807) is 6.92 Å². The zero-order valence-electron chi connectivity index (χ0n) is 13.9. The Labute approximate surface area is 137 Å². The normalized spacial score (nSPS) is 15.3. The maximum Gasteiger partial charge on any atom is 0.397 e. The first-order valence-corrected chi connectivity index (χ1v) is 8.19. The van der Waals surface area contributed by atoms with Crippen molar-refractivity contribution in [2.75, 3.05) is 49.5 Å². The molecule has 1 aliphatic heterocycles. The van der Waals surface area contributed by atoms with Gasteiger partial charge in [0.1, 0.15) is 0 Å². The van der Waals surface area contributed by atoms with Gasteiger partial charge in [0.2, 0.25) is 0 Å². The van der Waals surface area contributed by atoms with Crippen molar-refractivity contribution in [2.45, 2.75) is 20.3 Å². The van der Waals surface area contributed by atoms with E-state index in [4.69, 9.17) is 0 Å². The SMILES string of the molecule is CCCN1CCN(c2ccc(NC(=O)C(=O)OCC)cc2)CC1. The molecule has 1 aromatic carbocycles. The lowest BCUT2D eigenvalue weighted by molar-refractivity contribution is -0.152. The highest BCUT2D eigenvalue weighted by Gasteiger charge is 2.17. The van der Waals surface area contributed by atoms with Crippen molar-refractivity contribution in [3.63, 3.8) is 0 Å². The summed E-state index contributed by atoms with van der Waals surface area (Å²) >= 11 is 0. The third kappa shape index (κ3) is 4.96. The molecule has 0 saturated carbocycles. The van der Waals surface area contributed by atoms with Crippen LogP contribution in [-0.2, 0) is 14.3 Å². The molecule has 0 spiro atoms. The number of anilines is 2. The first-order chi connectivity index (χ1) is 11.1. The lowest BCUT2D eigenvalue weighted by Crippen LogP contribution is -2.46. The highest BCUT2D eigenvalue weighted by Crippen LogP contribution is 2.19. The van der Waals surface area contributed by atoms with Crippen LogP contribution >= 0.6 is 0 Å². The third-order valence-electron chi connectivity index (χ3n) is 3.86. The van der Waals surface area contributed by atoms with Gasteiger partial charge in [0.15, 0.2) is 0 Å². The summed E-state index contributed by atoms with van der Waals surface area (Å²) in [6.45, 7) is 9.39. The van der Waals surface area contributed by atoms with Crippen LogP contribution < -0.4 is 10.2 Å². The fraction of sp³-hybridized carbons (Fsp3) is 0.529. The van der Waals surface area contributed by atoms with Gasteiger partial charge >= 0.3 is 11.9 Å². The molecule has 1 saturated heterocycles. The number of piperazine rings is 1. The van der Waals surface area contributed by atoms with Crippen LogP contribution in [0.4, 0.5) is 11.4 Å². The number of esters is 1. The average molecular weight is 319 g/mol. The first kappa shape index (κ1) is 17.3. The number of amides is 1. The van der Waals surface area contributed by atoms with Crippen molar-refractivity contribution in [2.24, 2.45) is 0 Å². The van der Waals surface area contributed by atoms with Gasteiger partial charge in [0.25, 0.3) is 0 Å². The molecule has 1 fully saturated rings. The standard InChI is InChI=1S/C17H25N3O3/c1-3-9-19-10-12-20(13-11-19)15-7-5-14(6-8-15)18-16(21)17(22)23-4-2/h5-8H,3-4,9-13H2,1-2H3,(H,18,21). The summed E-state index contributed by atoms with van der Waals surface area (Å²) in [4.78, 5) is 27.7. The van der Waals surface area contributed by atoms with Gasteiger partial charge < -0.3 is 15.0 Å². The van der Waals surface area contributed by atoms with Gasteiger partial charge in [-0.2, -0.15) is 0 Å². The Morgan fingerprint density at radius 2 is 1.74 bits per heavy atom. The molecule has 23 heavy (non-hydrogen) atoms. The number of carbonyl (C=O) groups is 2. The van der Waals surface area contributed by atoms with Crippen LogP contribution in [0.25, 0.3) is 0 Å². The van der Waals surface area contributed by atoms with E-state index in [1.165, 1.54) is 6.42 Å². The summed E-state index contributed by atoms with van der Waals surface area (Å²) in [7, 11) is 0. The van der Waals surface area contributed by atoms with E-state index in [2.05, 4.69) is 26.8 Å². The van der Waals surface area contributed by atoms with E-state index in [0.29, 0.717) is 5.69 Å². The van der Waals surface area contributed by atoms with Crippen molar-refractivity contribution in [1.29, 1.82) is 0 Å². The quantitative estimate of drug-likeness (QED) is 0.661. The van der Waals surface area contributed by atoms with Gasteiger partial charge in [-0.05, 0) is 44.2 Å². The lowest BCUT2D eigenvalue weighted by atomic mass is 10.2. The Morgan fingerprint density at radius 3 is 2.30 bits per heavy atom. The average Bonchev–Trinajstić information content (AvgIpc) is 2.57. The van der Waals surface area contributed by atoms with Crippen molar-refractivity contribution in [1.82, 2.24) is 4.90 Å². The van der Waals surface area contributed by atoms with Crippen LogP contribution in [0.3, 0.4) is 0 Å². The molecule has 1 heterocycles. The Balaban J connectivity index is 1.87. The molecular formula is C17H25N3O3. The maximum atomic E-state index is 11.6. The molecule has 2 rings (SSSR count). The largest absolute Gasteiger partial charge is 0.459 e. The smallest absolute Gasteiger partial charge is 0.397 e. The summed E-state index contributed by atoms with van der Waals surface area (Å²) in [5.74, 6) is -1.60. The highest BCUT2D eigenvalue weighted by atomic mass is 16.5. The van der Waals surface area contributed by atoms with Crippen LogP contribution in [0, 0.1) is 0 Å². The molecule has 6 heteroatoms. The predicted octanol–water partition coefficient (Wildman–Crippen LogP) is 1.72. The fourth-order valence-corrected chi connectivity index (χ4v) is 2.68. The number of carbonyl (C=O) groups excluding carboxylic acids is 2. The second kappa shape index (κ2) is 8.53. The molecule has 1 N–H and O–H groups in total. The van der Waals surface area contributed by atoms with Crippen LogP contribution in [-0.4, -0.2) is 56.1 Å². The molecule has 0 unspecified atom stereocenters. The molecule has 0 atom stereocenters. The minimum Gasteiger partial charge on any atom is -0.459 e. The molecule has 1 aromatic rings. The third-order valence-corrected chi connectivity index (χ3v) is 3.86. The van der Waals surface area contributed by atoms with E-state index in [-0.39, 0.29) is 6.61 Å². The van der Waals surface area contributed by atoms with Gasteiger partial charge in [-0.1, -0.05) is 6.92 Å². The van der Waals surface area contributed by atoms with Gasteiger partial charge in [0.05, 0.1) is 6.61 Å². The van der Waals surface area contributed by atoms with E-state index in [1.807, 2.05) is 24.3 Å². The van der Waals surface area contributed by atoms with Gasteiger partial charge in [0, 0.05) is 37.6 Å². The molecule has 1 amide bonds. The zero-order valence-corrected chi connectivity index (χ0v) is 13.9. The number of hydrogen-bond acceptors (Lipinski definition) is 5. The number of ether oxygens (including phenoxy) is 1. The summed E-state index contributed by atoms with van der Waals surface area (Å²) < 4.78 is 4.66. The minimum absolute atomic E-state index is 0.190. The van der Waals surface area contributed by atoms with Gasteiger partial charge in [-0.15, -0.1) is 0 Å². The van der Waals surface area contributed by atoms with E-state index < -0.39 is 11.9 Å². The van der Waals surface area contributed by atoms with Crippen molar-refractivity contribution in [3.05, 3.63) is 24.3 Å². The monoisotopic (exact) mass is 319 g/mol. The molecule has 0 radical (unpaired) electrons. The minimum atomic E-state index is -0.858. The molecule has 0 aliphatic carbocycles. The van der Waals surface area contributed by atoms with Crippen LogP contribution in [0.2, 0.25) is 0 Å². The number of benzene rings is 1. The zero-order chi connectivity index (χ0) is 16.7. The Kier molecular flexibility index (Phi) is 6.40. The maximum absolute atomic E-state index is 11.6. The van der Waals surface area contributed by atoms with Crippen LogP contribution in [0.5, 0.6) is 0 Å². The Bertz CT molecular complexity index is 522. The van der Waals surface area contributed by atoms with Crippen molar-refractivity contribution >= 4 is 23.3 Å². The molecule has 6 nitrogen and oxygen atoms in total. The van der Waals surface area contributed by atoms with Crippen molar-refractivity contribution < 1.29 is 14.3 Å². The van der Waals surface area contributed by atoms with E-state index >= 15 is 0 Å². The number of nitrogens with zero attached hydrogens (tertiary/aromatic N) is 2. The molecular weight excluding hydrogens is 294 g/mol. The topological polar surface area (TPSA) is 61.9 Å². The second-order valence-corrected chi connectivity index (χ2v) is 5.55. The van der Waals surface area contributed by atoms with Gasteiger partial charge in [-0.3, -0.25) is 9.69 Å². The van der Waals surface area contributed by atoms with Crippen LogP contribution in [0.1, 0.15) is 20.3 Å². The lowest BCUT2D eigenvalue weighted by Gasteiger charge is -2.36. The number of nitrogens with one attached hydrogen (secondary N) is 1. The number of hydrogen-bond donors (Lipinski definition) is 1. The second-order valence-electron chi connectivity index (χ2n) is 5.55.